The lowest BCUT2D eigenvalue weighted by molar-refractivity contribution is -0.147. The van der Waals surface area contributed by atoms with Crippen LogP contribution in [-0.2, 0) is 24.6 Å². The van der Waals surface area contributed by atoms with Crippen molar-refractivity contribution in [1.82, 2.24) is 9.80 Å². The summed E-state index contributed by atoms with van der Waals surface area (Å²) < 4.78 is 0. The van der Waals surface area contributed by atoms with E-state index in [9.17, 15) is 24.4 Å². The number of rotatable bonds is 2. The summed E-state index contributed by atoms with van der Waals surface area (Å²) in [6, 6.07) is 8.05. The number of carbonyl (C=O) groups excluding carboxylic acids is 4. The van der Waals surface area contributed by atoms with Crippen molar-refractivity contribution < 1.29 is 19.2 Å². The zero-order valence-corrected chi connectivity index (χ0v) is 16.4. The Morgan fingerprint density at radius 1 is 1.23 bits per heavy atom. The first-order valence-electron chi connectivity index (χ1n) is 10.4. The monoisotopic (exact) mass is 406 g/mol. The minimum atomic E-state index is -0.959. The first-order chi connectivity index (χ1) is 14.5. The molecule has 1 aliphatic carbocycles. The lowest BCUT2D eigenvalue weighted by atomic mass is 9.80. The highest BCUT2D eigenvalue weighted by Gasteiger charge is 2.58. The van der Waals surface area contributed by atoms with Gasteiger partial charge in [-0.3, -0.25) is 19.2 Å². The molecule has 30 heavy (non-hydrogen) atoms. The molecule has 8 nitrogen and oxygen atoms in total. The minimum Gasteiger partial charge on any atom is -0.325 e. The van der Waals surface area contributed by atoms with E-state index in [-0.39, 0.29) is 42.9 Å². The Labute approximate surface area is 173 Å². The summed E-state index contributed by atoms with van der Waals surface area (Å²) in [5.41, 5.74) is 0.555. The van der Waals surface area contributed by atoms with E-state index < -0.39 is 23.4 Å². The third-order valence-electron chi connectivity index (χ3n) is 7.44. The second kappa shape index (κ2) is 6.66. The Kier molecular flexibility index (Phi) is 4.17. The molecule has 1 aromatic rings. The first kappa shape index (κ1) is 18.8. The molecule has 8 heteroatoms. The van der Waals surface area contributed by atoms with Gasteiger partial charge in [0.15, 0.2) is 0 Å². The van der Waals surface area contributed by atoms with Crippen molar-refractivity contribution in [2.45, 2.75) is 43.2 Å². The van der Waals surface area contributed by atoms with E-state index >= 15 is 0 Å². The fourth-order valence-electron chi connectivity index (χ4n) is 6.07. The van der Waals surface area contributed by atoms with Crippen molar-refractivity contribution in [2.75, 3.05) is 18.4 Å². The van der Waals surface area contributed by atoms with E-state index in [1.807, 2.05) is 24.3 Å². The van der Waals surface area contributed by atoms with Gasteiger partial charge in [0.05, 0.1) is 11.5 Å². The van der Waals surface area contributed by atoms with Crippen LogP contribution < -0.4 is 5.32 Å². The van der Waals surface area contributed by atoms with Crippen molar-refractivity contribution >= 4 is 29.7 Å². The van der Waals surface area contributed by atoms with Gasteiger partial charge in [-0.15, -0.1) is 0 Å². The van der Waals surface area contributed by atoms with Crippen molar-refractivity contribution in [3.8, 4) is 6.07 Å². The summed E-state index contributed by atoms with van der Waals surface area (Å²) >= 11 is 0. The molecule has 3 heterocycles. The van der Waals surface area contributed by atoms with Crippen LogP contribution in [0.25, 0.3) is 0 Å². The maximum absolute atomic E-state index is 13.7. The first-order valence-corrected chi connectivity index (χ1v) is 10.4. The summed E-state index contributed by atoms with van der Waals surface area (Å²) in [5.74, 6) is -1.00. The topological polar surface area (TPSA) is 111 Å². The Morgan fingerprint density at radius 3 is 2.80 bits per heavy atom. The molecule has 3 fully saturated rings. The number of para-hydroxylation sites is 1. The molecule has 3 amide bonds. The number of likely N-dealkylation sites (tertiary alicyclic amines) is 2. The fraction of sp³-hybridized carbons (Fsp3) is 0.500. The minimum absolute atomic E-state index is 0.00184. The predicted octanol–water partition coefficient (Wildman–Crippen LogP) is 0.827. The van der Waals surface area contributed by atoms with E-state index in [0.29, 0.717) is 12.2 Å². The van der Waals surface area contributed by atoms with Crippen LogP contribution in [0.5, 0.6) is 0 Å². The number of hydrogen-bond donors (Lipinski definition) is 1. The molecule has 3 aliphatic heterocycles. The highest BCUT2D eigenvalue weighted by atomic mass is 16.2. The standard InChI is InChI=1S/C22H22N4O4/c23-9-14-8-22(16-6-1-2-7-17(16)24-21(22)30)12-26(14)20(29)19-15-5-3-4-13(15)10-25(19)18(28)11-27/h1-2,6-7,11,13-15,19H,3-5,8,10,12H2,(H,24,30). The third kappa shape index (κ3) is 2.44. The van der Waals surface area contributed by atoms with Gasteiger partial charge in [-0.2, -0.15) is 5.26 Å². The number of amides is 3. The van der Waals surface area contributed by atoms with E-state index in [1.54, 1.807) is 0 Å². The zero-order chi connectivity index (χ0) is 21.0. The number of hydrogen-bond acceptors (Lipinski definition) is 5. The van der Waals surface area contributed by atoms with Crippen molar-refractivity contribution in [2.24, 2.45) is 11.8 Å². The Hall–Kier alpha value is -3.21. The molecule has 0 bridgehead atoms. The number of anilines is 1. The molecule has 2 saturated heterocycles. The predicted molar refractivity (Wildman–Crippen MR) is 105 cm³/mol. The quantitative estimate of drug-likeness (QED) is 0.578. The van der Waals surface area contributed by atoms with Crippen molar-refractivity contribution in [3.63, 3.8) is 0 Å². The SMILES string of the molecule is N#CC1CC2(CN1C(=O)C1C3CCCC3CN1C(=O)C=O)C(=O)Nc1ccccc12. The number of nitrogens with one attached hydrogen (secondary N) is 1. The molecule has 1 aromatic carbocycles. The normalized spacial score (nSPS) is 33.9. The van der Waals surface area contributed by atoms with Gasteiger partial charge < -0.3 is 15.1 Å². The van der Waals surface area contributed by atoms with Crippen molar-refractivity contribution in [3.05, 3.63) is 29.8 Å². The molecule has 5 unspecified atom stereocenters. The number of aldehydes is 1. The number of fused-ring (bicyclic) bond motifs is 3. The van der Waals surface area contributed by atoms with Gasteiger partial charge in [0, 0.05) is 25.2 Å². The molecular weight excluding hydrogens is 384 g/mol. The summed E-state index contributed by atoms with van der Waals surface area (Å²) in [6.07, 6.45) is 3.22. The average Bonchev–Trinajstić information content (AvgIpc) is 3.50. The molecule has 154 valence electrons. The fourth-order valence-corrected chi connectivity index (χ4v) is 6.07. The lowest BCUT2D eigenvalue weighted by Gasteiger charge is -2.31. The summed E-state index contributed by atoms with van der Waals surface area (Å²) in [6.45, 7) is 0.502. The molecule has 1 N–H and O–H groups in total. The third-order valence-corrected chi connectivity index (χ3v) is 7.44. The highest BCUT2D eigenvalue weighted by molar-refractivity contribution is 6.24. The van der Waals surface area contributed by atoms with Gasteiger partial charge in [0.25, 0.3) is 5.91 Å². The molecule has 5 atom stereocenters. The Morgan fingerprint density at radius 2 is 2.03 bits per heavy atom. The Bertz CT molecular complexity index is 1000. The van der Waals surface area contributed by atoms with Crippen LogP contribution in [0.3, 0.4) is 0 Å². The lowest BCUT2D eigenvalue weighted by Crippen LogP contribution is -2.52. The van der Waals surface area contributed by atoms with Gasteiger partial charge in [0.2, 0.25) is 18.1 Å². The highest BCUT2D eigenvalue weighted by Crippen LogP contribution is 2.48. The van der Waals surface area contributed by atoms with Crippen LogP contribution in [0.4, 0.5) is 5.69 Å². The van der Waals surface area contributed by atoms with Gasteiger partial charge in [-0.25, -0.2) is 0 Å². The molecule has 4 aliphatic rings. The summed E-state index contributed by atoms with van der Waals surface area (Å²) in [5, 5.41) is 12.7. The van der Waals surface area contributed by atoms with Crippen LogP contribution in [-0.4, -0.2) is 59.0 Å². The van der Waals surface area contributed by atoms with E-state index in [1.165, 1.54) is 9.80 Å². The number of nitriles is 1. The van der Waals surface area contributed by atoms with E-state index in [2.05, 4.69) is 11.4 Å². The summed E-state index contributed by atoms with van der Waals surface area (Å²) in [7, 11) is 0. The second-order valence-corrected chi connectivity index (χ2v) is 8.81. The molecule has 1 spiro atoms. The smallest absolute Gasteiger partial charge is 0.287 e. The molecule has 0 aromatic heterocycles. The molecule has 5 rings (SSSR count). The zero-order valence-electron chi connectivity index (χ0n) is 16.4. The average molecular weight is 406 g/mol. The van der Waals surface area contributed by atoms with Gasteiger partial charge >= 0.3 is 0 Å². The van der Waals surface area contributed by atoms with Gasteiger partial charge in [0.1, 0.15) is 12.1 Å². The number of carbonyl (C=O) groups is 4. The maximum Gasteiger partial charge on any atom is 0.287 e. The molecular formula is C22H22N4O4. The maximum atomic E-state index is 13.7. The van der Waals surface area contributed by atoms with Crippen LogP contribution in [0.2, 0.25) is 0 Å². The second-order valence-electron chi connectivity index (χ2n) is 8.81. The van der Waals surface area contributed by atoms with Gasteiger partial charge in [-0.05, 0) is 36.3 Å². The van der Waals surface area contributed by atoms with Crippen LogP contribution in [0, 0.1) is 23.2 Å². The van der Waals surface area contributed by atoms with Crippen LogP contribution in [0.1, 0.15) is 31.2 Å². The van der Waals surface area contributed by atoms with Gasteiger partial charge in [-0.1, -0.05) is 24.6 Å². The van der Waals surface area contributed by atoms with Crippen molar-refractivity contribution in [1.29, 1.82) is 5.26 Å². The number of benzene rings is 1. The van der Waals surface area contributed by atoms with Crippen LogP contribution in [0.15, 0.2) is 24.3 Å². The Balaban J connectivity index is 1.50. The van der Waals surface area contributed by atoms with E-state index in [0.717, 1.165) is 24.8 Å². The largest absolute Gasteiger partial charge is 0.325 e. The molecule has 1 saturated carbocycles. The number of nitrogens with zero attached hydrogens (tertiary/aromatic N) is 3. The van der Waals surface area contributed by atoms with E-state index in [4.69, 9.17) is 0 Å². The molecule has 0 radical (unpaired) electrons. The van der Waals surface area contributed by atoms with Crippen LogP contribution >= 0.6 is 0 Å². The summed E-state index contributed by atoms with van der Waals surface area (Å²) in [4.78, 5) is 52.9.